The quantitative estimate of drug-likeness (QED) is 0.722. The summed E-state index contributed by atoms with van der Waals surface area (Å²) in [7, 11) is 3.08. The molecule has 0 unspecified atom stereocenters. The van der Waals surface area contributed by atoms with Crippen LogP contribution in [0, 0.1) is 0 Å². The number of amides is 1. The van der Waals surface area contributed by atoms with Crippen LogP contribution in [-0.2, 0) is 25.5 Å². The first-order valence-corrected chi connectivity index (χ1v) is 8.22. The maximum atomic E-state index is 12.2. The van der Waals surface area contributed by atoms with Crippen LogP contribution in [0.25, 0.3) is 0 Å². The molecule has 2 atom stereocenters. The number of ether oxygens (including phenoxy) is 4. The van der Waals surface area contributed by atoms with Crippen LogP contribution in [0.2, 0.25) is 0 Å². The SMILES string of the molecule is COc1ccc(CC(=O)OCC(=O)N2C[C@H](C)O[C@@H](C)C2)cc1OC. The zero-order chi connectivity index (χ0) is 18.4. The third-order valence-electron chi connectivity index (χ3n) is 3.93. The number of nitrogens with zero attached hydrogens (tertiary/aromatic N) is 1. The summed E-state index contributed by atoms with van der Waals surface area (Å²) in [5.74, 6) is 0.461. The number of hydrogen-bond donors (Lipinski definition) is 0. The van der Waals surface area contributed by atoms with Crippen molar-refractivity contribution >= 4 is 11.9 Å². The van der Waals surface area contributed by atoms with Gasteiger partial charge in [0.1, 0.15) is 0 Å². The molecule has 25 heavy (non-hydrogen) atoms. The predicted octanol–water partition coefficient (Wildman–Crippen LogP) is 1.43. The largest absolute Gasteiger partial charge is 0.493 e. The van der Waals surface area contributed by atoms with Crippen molar-refractivity contribution < 1.29 is 28.5 Å². The molecule has 0 bridgehead atoms. The van der Waals surface area contributed by atoms with Crippen molar-refractivity contribution in [2.24, 2.45) is 0 Å². The van der Waals surface area contributed by atoms with Crippen molar-refractivity contribution in [3.05, 3.63) is 23.8 Å². The molecule has 1 heterocycles. The molecular formula is C18H25NO6. The van der Waals surface area contributed by atoms with Crippen molar-refractivity contribution in [2.45, 2.75) is 32.5 Å². The van der Waals surface area contributed by atoms with E-state index >= 15 is 0 Å². The Bertz CT molecular complexity index is 608. The lowest BCUT2D eigenvalue weighted by atomic mass is 10.1. The van der Waals surface area contributed by atoms with Gasteiger partial charge in [0.2, 0.25) is 0 Å². The maximum absolute atomic E-state index is 12.2. The van der Waals surface area contributed by atoms with Crippen LogP contribution in [0.3, 0.4) is 0 Å². The van der Waals surface area contributed by atoms with Crippen LogP contribution in [0.4, 0.5) is 0 Å². The lowest BCUT2D eigenvalue weighted by Gasteiger charge is -2.35. The van der Waals surface area contributed by atoms with Crippen LogP contribution in [-0.4, -0.2) is 62.9 Å². The Labute approximate surface area is 147 Å². The van der Waals surface area contributed by atoms with Crippen molar-refractivity contribution in [1.29, 1.82) is 0 Å². The summed E-state index contributed by atoms with van der Waals surface area (Å²) in [5.41, 5.74) is 0.726. The van der Waals surface area contributed by atoms with Gasteiger partial charge < -0.3 is 23.8 Å². The second-order valence-corrected chi connectivity index (χ2v) is 6.08. The van der Waals surface area contributed by atoms with Crippen molar-refractivity contribution in [2.75, 3.05) is 33.9 Å². The van der Waals surface area contributed by atoms with E-state index in [9.17, 15) is 9.59 Å². The van der Waals surface area contributed by atoms with Gasteiger partial charge in [-0.15, -0.1) is 0 Å². The van der Waals surface area contributed by atoms with E-state index in [1.54, 1.807) is 30.2 Å². The first kappa shape index (κ1) is 19.1. The number of morpholine rings is 1. The van der Waals surface area contributed by atoms with E-state index < -0.39 is 5.97 Å². The molecule has 0 saturated carbocycles. The molecule has 1 aromatic rings. The van der Waals surface area contributed by atoms with Gasteiger partial charge in [0.25, 0.3) is 5.91 Å². The molecule has 0 aliphatic carbocycles. The predicted molar refractivity (Wildman–Crippen MR) is 90.8 cm³/mol. The second-order valence-electron chi connectivity index (χ2n) is 6.08. The topological polar surface area (TPSA) is 74.3 Å². The summed E-state index contributed by atoms with van der Waals surface area (Å²) >= 11 is 0. The van der Waals surface area contributed by atoms with Crippen molar-refractivity contribution in [3.8, 4) is 11.5 Å². The Morgan fingerprint density at radius 1 is 1.12 bits per heavy atom. The van der Waals surface area contributed by atoms with E-state index in [1.165, 1.54) is 7.11 Å². The van der Waals surface area contributed by atoms with Crippen molar-refractivity contribution in [1.82, 2.24) is 4.90 Å². The molecule has 2 rings (SSSR count). The van der Waals surface area contributed by atoms with Gasteiger partial charge in [0.05, 0.1) is 32.8 Å². The van der Waals surface area contributed by atoms with Gasteiger partial charge in [-0.25, -0.2) is 0 Å². The maximum Gasteiger partial charge on any atom is 0.310 e. The van der Waals surface area contributed by atoms with Gasteiger partial charge in [-0.2, -0.15) is 0 Å². The number of hydrogen-bond acceptors (Lipinski definition) is 6. The molecular weight excluding hydrogens is 326 g/mol. The Balaban J connectivity index is 1.85. The zero-order valence-electron chi connectivity index (χ0n) is 15.1. The number of rotatable bonds is 6. The van der Waals surface area contributed by atoms with E-state index in [1.807, 2.05) is 13.8 Å². The molecule has 1 saturated heterocycles. The van der Waals surface area contributed by atoms with Crippen LogP contribution in [0.5, 0.6) is 11.5 Å². The minimum atomic E-state index is -0.463. The number of carbonyl (C=O) groups excluding carboxylic acids is 2. The summed E-state index contributed by atoms with van der Waals surface area (Å²) in [4.78, 5) is 25.8. The number of esters is 1. The smallest absolute Gasteiger partial charge is 0.310 e. The Morgan fingerprint density at radius 2 is 1.76 bits per heavy atom. The highest BCUT2D eigenvalue weighted by Gasteiger charge is 2.26. The monoisotopic (exact) mass is 351 g/mol. The summed E-state index contributed by atoms with van der Waals surface area (Å²) in [6.45, 7) is 4.59. The van der Waals surface area contributed by atoms with Crippen LogP contribution < -0.4 is 9.47 Å². The lowest BCUT2D eigenvalue weighted by Crippen LogP contribution is -2.49. The molecule has 1 aliphatic rings. The highest BCUT2D eigenvalue weighted by molar-refractivity contribution is 5.81. The highest BCUT2D eigenvalue weighted by atomic mass is 16.5. The average molecular weight is 351 g/mol. The first-order valence-electron chi connectivity index (χ1n) is 8.22. The molecule has 1 fully saturated rings. The standard InChI is InChI=1S/C18H25NO6/c1-12-9-19(10-13(2)25-12)17(20)11-24-18(21)8-14-5-6-15(22-3)16(7-14)23-4/h5-7,12-13H,8-11H2,1-4H3/t12-,13-/m0/s1. The fraction of sp³-hybridized carbons (Fsp3) is 0.556. The number of carbonyl (C=O) groups is 2. The van der Waals surface area contributed by atoms with Gasteiger partial charge >= 0.3 is 5.97 Å². The normalized spacial score (nSPS) is 20.1. The second kappa shape index (κ2) is 8.71. The molecule has 0 N–H and O–H groups in total. The van der Waals surface area contributed by atoms with Crippen LogP contribution >= 0.6 is 0 Å². The van der Waals surface area contributed by atoms with Crippen LogP contribution in [0.1, 0.15) is 19.4 Å². The van der Waals surface area contributed by atoms with Gasteiger partial charge in [-0.1, -0.05) is 6.07 Å². The van der Waals surface area contributed by atoms with E-state index in [0.717, 1.165) is 5.56 Å². The molecule has 1 aromatic carbocycles. The molecule has 138 valence electrons. The van der Waals surface area contributed by atoms with Gasteiger partial charge in [-0.05, 0) is 31.5 Å². The molecule has 0 spiro atoms. The Kier molecular flexibility index (Phi) is 6.64. The van der Waals surface area contributed by atoms with Crippen molar-refractivity contribution in [3.63, 3.8) is 0 Å². The molecule has 1 amide bonds. The van der Waals surface area contributed by atoms with E-state index in [0.29, 0.717) is 24.6 Å². The zero-order valence-corrected chi connectivity index (χ0v) is 15.1. The summed E-state index contributed by atoms with van der Waals surface area (Å²) in [6.07, 6.45) is 0.0223. The number of benzene rings is 1. The minimum Gasteiger partial charge on any atom is -0.493 e. The van der Waals surface area contributed by atoms with E-state index in [2.05, 4.69) is 0 Å². The molecule has 0 aromatic heterocycles. The Morgan fingerprint density at radius 3 is 2.36 bits per heavy atom. The molecule has 7 nitrogen and oxygen atoms in total. The van der Waals surface area contributed by atoms with E-state index in [4.69, 9.17) is 18.9 Å². The lowest BCUT2D eigenvalue weighted by molar-refractivity contribution is -0.156. The summed E-state index contributed by atoms with van der Waals surface area (Å²) < 4.78 is 21.1. The highest BCUT2D eigenvalue weighted by Crippen LogP contribution is 2.27. The summed E-state index contributed by atoms with van der Waals surface area (Å²) in [5, 5.41) is 0. The first-order chi connectivity index (χ1) is 11.9. The fourth-order valence-corrected chi connectivity index (χ4v) is 2.82. The molecule has 0 radical (unpaired) electrons. The Hall–Kier alpha value is -2.28. The van der Waals surface area contributed by atoms with Gasteiger partial charge in [0, 0.05) is 13.1 Å². The number of methoxy groups -OCH3 is 2. The third-order valence-corrected chi connectivity index (χ3v) is 3.93. The van der Waals surface area contributed by atoms with Gasteiger partial charge in [-0.3, -0.25) is 9.59 Å². The average Bonchev–Trinajstić information content (AvgIpc) is 2.58. The molecule has 1 aliphatic heterocycles. The van der Waals surface area contributed by atoms with Crippen LogP contribution in [0.15, 0.2) is 18.2 Å². The summed E-state index contributed by atoms with van der Waals surface area (Å²) in [6, 6.07) is 5.20. The van der Waals surface area contributed by atoms with Gasteiger partial charge in [0.15, 0.2) is 18.1 Å². The van der Waals surface area contributed by atoms with E-state index in [-0.39, 0.29) is 31.1 Å². The minimum absolute atomic E-state index is 0.0184. The molecule has 7 heteroatoms. The third kappa shape index (κ3) is 5.35. The fourth-order valence-electron chi connectivity index (χ4n) is 2.82.